The predicted octanol–water partition coefficient (Wildman–Crippen LogP) is 1.51. The van der Waals surface area contributed by atoms with Crippen LogP contribution >= 0.6 is 0 Å². The molecular formula is C12H17NO2. The van der Waals surface area contributed by atoms with Crippen molar-refractivity contribution in [2.45, 2.75) is 25.2 Å². The zero-order valence-electron chi connectivity index (χ0n) is 8.85. The Kier molecular flexibility index (Phi) is 3.69. The summed E-state index contributed by atoms with van der Waals surface area (Å²) in [5.74, 6) is 0.610. The van der Waals surface area contributed by atoms with E-state index in [1.165, 1.54) is 5.56 Å². The van der Waals surface area contributed by atoms with Crippen LogP contribution in [0.25, 0.3) is 0 Å². The van der Waals surface area contributed by atoms with Crippen molar-refractivity contribution in [1.29, 1.82) is 0 Å². The molecular weight excluding hydrogens is 190 g/mol. The van der Waals surface area contributed by atoms with E-state index in [-0.39, 0.29) is 6.61 Å². The predicted molar refractivity (Wildman–Crippen MR) is 57.8 cm³/mol. The first kappa shape index (κ1) is 10.6. The van der Waals surface area contributed by atoms with Gasteiger partial charge in [-0.2, -0.15) is 0 Å². The van der Waals surface area contributed by atoms with E-state index in [9.17, 15) is 0 Å². The fraction of sp³-hybridized carbons (Fsp3) is 0.583. The summed E-state index contributed by atoms with van der Waals surface area (Å²) < 4.78 is 5.34. The van der Waals surface area contributed by atoms with Gasteiger partial charge in [0.05, 0.1) is 0 Å². The van der Waals surface area contributed by atoms with Gasteiger partial charge in [0.1, 0.15) is 0 Å². The fourth-order valence-electron chi connectivity index (χ4n) is 2.03. The zero-order chi connectivity index (χ0) is 10.5. The van der Waals surface area contributed by atoms with E-state index in [1.54, 1.807) is 0 Å². The van der Waals surface area contributed by atoms with E-state index < -0.39 is 0 Å². The second kappa shape index (κ2) is 5.24. The number of rotatable bonds is 3. The van der Waals surface area contributed by atoms with Crippen LogP contribution in [-0.4, -0.2) is 29.9 Å². The van der Waals surface area contributed by atoms with Crippen LogP contribution in [0.3, 0.4) is 0 Å². The number of aliphatic hydroxyl groups is 1. The SMILES string of the molecule is OCCc1cc(C2CCOCC2)ccn1. The normalized spacial score (nSPS) is 17.9. The molecule has 1 saturated heterocycles. The Balaban J connectivity index is 2.09. The second-order valence-electron chi connectivity index (χ2n) is 3.94. The quantitative estimate of drug-likeness (QED) is 0.817. The Labute approximate surface area is 90.1 Å². The van der Waals surface area contributed by atoms with Crippen LogP contribution in [0.2, 0.25) is 0 Å². The summed E-state index contributed by atoms with van der Waals surface area (Å²) in [7, 11) is 0. The fourth-order valence-corrected chi connectivity index (χ4v) is 2.03. The van der Waals surface area contributed by atoms with Crippen molar-refractivity contribution in [3.8, 4) is 0 Å². The smallest absolute Gasteiger partial charge is 0.0486 e. The molecule has 3 nitrogen and oxygen atoms in total. The summed E-state index contributed by atoms with van der Waals surface area (Å²) in [5, 5.41) is 8.86. The third-order valence-corrected chi connectivity index (χ3v) is 2.90. The average Bonchev–Trinajstić information content (AvgIpc) is 2.31. The van der Waals surface area contributed by atoms with Crippen LogP contribution in [0.4, 0.5) is 0 Å². The van der Waals surface area contributed by atoms with Crippen LogP contribution in [0.15, 0.2) is 18.3 Å². The second-order valence-corrected chi connectivity index (χ2v) is 3.94. The molecule has 0 atom stereocenters. The molecule has 0 aromatic carbocycles. The molecule has 1 aromatic rings. The third kappa shape index (κ3) is 2.76. The third-order valence-electron chi connectivity index (χ3n) is 2.90. The minimum absolute atomic E-state index is 0.171. The first-order valence-electron chi connectivity index (χ1n) is 5.53. The summed E-state index contributed by atoms with van der Waals surface area (Å²) in [6, 6.07) is 4.20. The molecule has 1 aliphatic rings. The highest BCUT2D eigenvalue weighted by Gasteiger charge is 2.15. The summed E-state index contributed by atoms with van der Waals surface area (Å²) in [6.45, 7) is 1.90. The van der Waals surface area contributed by atoms with E-state index in [1.807, 2.05) is 6.20 Å². The van der Waals surface area contributed by atoms with Crippen molar-refractivity contribution in [3.05, 3.63) is 29.6 Å². The van der Waals surface area contributed by atoms with Crippen molar-refractivity contribution in [2.24, 2.45) is 0 Å². The molecule has 3 heteroatoms. The molecule has 1 fully saturated rings. The number of pyridine rings is 1. The molecule has 0 aliphatic carbocycles. The Morgan fingerprint density at radius 1 is 1.40 bits per heavy atom. The molecule has 0 unspecified atom stereocenters. The van der Waals surface area contributed by atoms with E-state index in [2.05, 4.69) is 17.1 Å². The van der Waals surface area contributed by atoms with E-state index >= 15 is 0 Å². The minimum Gasteiger partial charge on any atom is -0.396 e. The lowest BCUT2D eigenvalue weighted by Crippen LogP contribution is -2.14. The van der Waals surface area contributed by atoms with Crippen LogP contribution in [0.1, 0.15) is 30.0 Å². The number of hydrogen-bond acceptors (Lipinski definition) is 3. The number of nitrogens with zero attached hydrogens (tertiary/aromatic N) is 1. The van der Waals surface area contributed by atoms with Crippen LogP contribution < -0.4 is 0 Å². The highest BCUT2D eigenvalue weighted by Crippen LogP contribution is 2.26. The van der Waals surface area contributed by atoms with Gasteiger partial charge in [0.2, 0.25) is 0 Å². The van der Waals surface area contributed by atoms with Crippen molar-refractivity contribution in [2.75, 3.05) is 19.8 Å². The van der Waals surface area contributed by atoms with Gasteiger partial charge < -0.3 is 9.84 Å². The first-order valence-corrected chi connectivity index (χ1v) is 5.53. The van der Waals surface area contributed by atoms with Crippen LogP contribution in [0.5, 0.6) is 0 Å². The molecule has 0 spiro atoms. The summed E-state index contributed by atoms with van der Waals surface area (Å²) in [5.41, 5.74) is 2.33. The highest BCUT2D eigenvalue weighted by atomic mass is 16.5. The lowest BCUT2D eigenvalue weighted by molar-refractivity contribution is 0.0853. The zero-order valence-corrected chi connectivity index (χ0v) is 8.85. The molecule has 0 amide bonds. The van der Waals surface area contributed by atoms with E-state index in [0.29, 0.717) is 12.3 Å². The molecule has 1 aliphatic heterocycles. The standard InChI is InChI=1S/C12H17NO2/c14-6-2-12-9-11(1-5-13-12)10-3-7-15-8-4-10/h1,5,9-10,14H,2-4,6-8H2. The van der Waals surface area contributed by atoms with Crippen molar-refractivity contribution in [3.63, 3.8) is 0 Å². The van der Waals surface area contributed by atoms with Gasteiger partial charge in [-0.3, -0.25) is 4.98 Å². The van der Waals surface area contributed by atoms with Gasteiger partial charge in [-0.05, 0) is 36.5 Å². The van der Waals surface area contributed by atoms with Gasteiger partial charge in [-0.1, -0.05) is 0 Å². The maximum Gasteiger partial charge on any atom is 0.0486 e. The van der Waals surface area contributed by atoms with Crippen LogP contribution in [0, 0.1) is 0 Å². The Hall–Kier alpha value is -0.930. The van der Waals surface area contributed by atoms with Gasteiger partial charge in [0, 0.05) is 38.1 Å². The van der Waals surface area contributed by atoms with Gasteiger partial charge in [0.15, 0.2) is 0 Å². The summed E-state index contributed by atoms with van der Waals surface area (Å²) in [6.07, 6.45) is 4.69. The molecule has 82 valence electrons. The Bertz CT molecular complexity index is 308. The molecule has 0 bridgehead atoms. The first-order chi connectivity index (χ1) is 7.40. The van der Waals surface area contributed by atoms with Crippen molar-refractivity contribution >= 4 is 0 Å². The lowest BCUT2D eigenvalue weighted by atomic mass is 9.92. The van der Waals surface area contributed by atoms with Gasteiger partial charge >= 0.3 is 0 Å². The number of hydrogen-bond donors (Lipinski definition) is 1. The lowest BCUT2D eigenvalue weighted by Gasteiger charge is -2.22. The maximum atomic E-state index is 8.86. The van der Waals surface area contributed by atoms with Crippen molar-refractivity contribution < 1.29 is 9.84 Å². The number of aliphatic hydroxyl groups excluding tert-OH is 1. The average molecular weight is 207 g/mol. The Morgan fingerprint density at radius 3 is 2.93 bits per heavy atom. The number of ether oxygens (including phenoxy) is 1. The van der Waals surface area contributed by atoms with Crippen molar-refractivity contribution in [1.82, 2.24) is 4.98 Å². The minimum atomic E-state index is 0.171. The highest BCUT2D eigenvalue weighted by molar-refractivity contribution is 5.21. The summed E-state index contributed by atoms with van der Waals surface area (Å²) >= 11 is 0. The maximum absolute atomic E-state index is 8.86. The van der Waals surface area contributed by atoms with Gasteiger partial charge in [-0.15, -0.1) is 0 Å². The topological polar surface area (TPSA) is 42.4 Å². The van der Waals surface area contributed by atoms with Gasteiger partial charge in [0.25, 0.3) is 0 Å². The monoisotopic (exact) mass is 207 g/mol. The van der Waals surface area contributed by atoms with E-state index in [0.717, 1.165) is 31.7 Å². The molecule has 2 heterocycles. The molecule has 0 radical (unpaired) electrons. The number of aromatic nitrogens is 1. The molecule has 0 saturated carbocycles. The molecule has 1 N–H and O–H groups in total. The molecule has 15 heavy (non-hydrogen) atoms. The van der Waals surface area contributed by atoms with E-state index in [4.69, 9.17) is 9.84 Å². The van der Waals surface area contributed by atoms with Gasteiger partial charge in [-0.25, -0.2) is 0 Å². The largest absolute Gasteiger partial charge is 0.396 e. The Morgan fingerprint density at radius 2 is 2.20 bits per heavy atom. The summed E-state index contributed by atoms with van der Waals surface area (Å²) in [4.78, 5) is 4.23. The van der Waals surface area contributed by atoms with Crippen LogP contribution in [-0.2, 0) is 11.2 Å². The molecule has 1 aromatic heterocycles. The molecule has 2 rings (SSSR count).